The number of hydrogen-bond acceptors (Lipinski definition) is 4. The van der Waals surface area contributed by atoms with Crippen LogP contribution in [-0.4, -0.2) is 34.8 Å². The molecule has 5 heteroatoms. The van der Waals surface area contributed by atoms with Gasteiger partial charge < -0.3 is 10.1 Å². The van der Waals surface area contributed by atoms with E-state index in [-0.39, 0.29) is 0 Å². The summed E-state index contributed by atoms with van der Waals surface area (Å²) in [6.07, 6.45) is 7.44. The van der Waals surface area contributed by atoms with E-state index in [4.69, 9.17) is 4.74 Å². The highest BCUT2D eigenvalue weighted by Gasteiger charge is 2.16. The number of aromatic nitrogens is 3. The van der Waals surface area contributed by atoms with Gasteiger partial charge in [-0.2, -0.15) is 0 Å². The Morgan fingerprint density at radius 2 is 2.25 bits per heavy atom. The Bertz CT molecular complexity index is 374. The van der Waals surface area contributed by atoms with E-state index < -0.39 is 0 Å². The summed E-state index contributed by atoms with van der Waals surface area (Å²) in [5, 5.41) is 11.6. The molecule has 1 aromatic heterocycles. The molecule has 0 unspecified atom stereocenters. The molecule has 20 heavy (non-hydrogen) atoms. The van der Waals surface area contributed by atoms with Crippen molar-refractivity contribution in [2.75, 3.05) is 19.8 Å². The van der Waals surface area contributed by atoms with Crippen LogP contribution in [0, 0.1) is 11.8 Å². The summed E-state index contributed by atoms with van der Waals surface area (Å²) < 4.78 is 7.53. The Morgan fingerprint density at radius 1 is 1.40 bits per heavy atom. The lowest BCUT2D eigenvalue weighted by atomic mass is 9.83. The van der Waals surface area contributed by atoms with E-state index in [1.54, 1.807) is 0 Å². The zero-order chi connectivity index (χ0) is 14.2. The normalized spacial score (nSPS) is 15.8. The van der Waals surface area contributed by atoms with Crippen LogP contribution in [0.1, 0.15) is 45.2 Å². The Balaban J connectivity index is 1.53. The van der Waals surface area contributed by atoms with Crippen LogP contribution in [0.25, 0.3) is 0 Å². The van der Waals surface area contributed by atoms with Crippen LogP contribution in [0.3, 0.4) is 0 Å². The van der Waals surface area contributed by atoms with Crippen molar-refractivity contribution in [1.82, 2.24) is 20.3 Å². The van der Waals surface area contributed by atoms with Gasteiger partial charge in [0, 0.05) is 19.3 Å². The average Bonchev–Trinajstić information content (AvgIpc) is 2.79. The van der Waals surface area contributed by atoms with Crippen molar-refractivity contribution in [3.8, 4) is 0 Å². The fraction of sp³-hybridized carbons (Fsp3) is 0.867. The summed E-state index contributed by atoms with van der Waals surface area (Å²) in [5.74, 6) is 1.59. The Labute approximate surface area is 122 Å². The molecule has 0 bridgehead atoms. The maximum atomic E-state index is 5.66. The van der Waals surface area contributed by atoms with Crippen molar-refractivity contribution in [2.24, 2.45) is 11.8 Å². The maximum absolute atomic E-state index is 5.66. The summed E-state index contributed by atoms with van der Waals surface area (Å²) in [5.41, 5.74) is 1.00. The van der Waals surface area contributed by atoms with Crippen molar-refractivity contribution >= 4 is 0 Å². The zero-order valence-electron chi connectivity index (χ0n) is 12.8. The Morgan fingerprint density at radius 3 is 2.95 bits per heavy atom. The first-order chi connectivity index (χ1) is 9.74. The van der Waals surface area contributed by atoms with Gasteiger partial charge in [0.05, 0.1) is 18.8 Å². The molecule has 0 saturated heterocycles. The van der Waals surface area contributed by atoms with E-state index >= 15 is 0 Å². The van der Waals surface area contributed by atoms with Crippen molar-refractivity contribution in [2.45, 2.75) is 52.6 Å². The third-order valence-electron chi connectivity index (χ3n) is 3.80. The minimum absolute atomic E-state index is 0.661. The largest absolute Gasteiger partial charge is 0.380 e. The van der Waals surface area contributed by atoms with Crippen molar-refractivity contribution < 1.29 is 4.74 Å². The molecule has 2 rings (SSSR count). The zero-order valence-corrected chi connectivity index (χ0v) is 12.8. The predicted molar refractivity (Wildman–Crippen MR) is 79.3 cm³/mol. The molecule has 0 aliphatic heterocycles. The summed E-state index contributed by atoms with van der Waals surface area (Å²) in [6, 6.07) is 0. The molecule has 1 heterocycles. The number of rotatable bonds is 10. The van der Waals surface area contributed by atoms with Gasteiger partial charge in [-0.1, -0.05) is 38.3 Å². The van der Waals surface area contributed by atoms with Crippen molar-refractivity contribution in [3.63, 3.8) is 0 Å². The molecule has 0 radical (unpaired) electrons. The van der Waals surface area contributed by atoms with Gasteiger partial charge in [0.1, 0.15) is 0 Å². The molecule has 1 aliphatic carbocycles. The van der Waals surface area contributed by atoms with E-state index in [0.29, 0.717) is 5.92 Å². The molecule has 114 valence electrons. The van der Waals surface area contributed by atoms with E-state index in [2.05, 4.69) is 29.5 Å². The van der Waals surface area contributed by atoms with Gasteiger partial charge in [0.25, 0.3) is 0 Å². The minimum Gasteiger partial charge on any atom is -0.380 e. The number of nitrogens with zero attached hydrogens (tertiary/aromatic N) is 3. The molecular formula is C15H28N4O. The molecule has 1 N–H and O–H groups in total. The van der Waals surface area contributed by atoms with E-state index in [1.807, 2.05) is 10.9 Å². The van der Waals surface area contributed by atoms with Crippen LogP contribution in [-0.2, 0) is 17.8 Å². The quantitative estimate of drug-likeness (QED) is 0.668. The molecule has 0 aromatic carbocycles. The number of nitrogens with one attached hydrogen (secondary N) is 1. The minimum atomic E-state index is 0.661. The van der Waals surface area contributed by atoms with Crippen LogP contribution in [0.15, 0.2) is 6.20 Å². The molecule has 1 saturated carbocycles. The Kier molecular flexibility index (Phi) is 6.47. The fourth-order valence-corrected chi connectivity index (χ4v) is 2.31. The molecular weight excluding hydrogens is 252 g/mol. The van der Waals surface area contributed by atoms with Crippen LogP contribution >= 0.6 is 0 Å². The highest BCUT2D eigenvalue weighted by Crippen LogP contribution is 2.28. The lowest BCUT2D eigenvalue weighted by Gasteiger charge is -2.24. The van der Waals surface area contributed by atoms with Gasteiger partial charge in [-0.05, 0) is 24.8 Å². The number of ether oxygens (including phenoxy) is 1. The highest BCUT2D eigenvalue weighted by atomic mass is 16.5. The molecule has 1 fully saturated rings. The first-order valence-electron chi connectivity index (χ1n) is 7.91. The van der Waals surface area contributed by atoms with Crippen LogP contribution in [0.4, 0.5) is 0 Å². The SMILES string of the molecule is CC(C)CNCc1cn(CCOCCC2CCC2)nn1. The second-order valence-corrected chi connectivity index (χ2v) is 6.20. The summed E-state index contributed by atoms with van der Waals surface area (Å²) in [6.45, 7) is 8.62. The smallest absolute Gasteiger partial charge is 0.0964 e. The second kappa shape index (κ2) is 8.37. The summed E-state index contributed by atoms with van der Waals surface area (Å²) >= 11 is 0. The van der Waals surface area contributed by atoms with Gasteiger partial charge >= 0.3 is 0 Å². The van der Waals surface area contributed by atoms with Gasteiger partial charge in [-0.25, -0.2) is 4.68 Å². The molecule has 0 atom stereocenters. The van der Waals surface area contributed by atoms with Crippen LogP contribution < -0.4 is 5.32 Å². The van der Waals surface area contributed by atoms with Gasteiger partial charge in [-0.15, -0.1) is 5.10 Å². The molecule has 0 spiro atoms. The second-order valence-electron chi connectivity index (χ2n) is 6.20. The van der Waals surface area contributed by atoms with E-state index in [9.17, 15) is 0 Å². The first-order valence-corrected chi connectivity index (χ1v) is 7.91. The van der Waals surface area contributed by atoms with Crippen molar-refractivity contribution in [3.05, 3.63) is 11.9 Å². The number of hydrogen-bond donors (Lipinski definition) is 1. The molecule has 5 nitrogen and oxygen atoms in total. The topological polar surface area (TPSA) is 52.0 Å². The monoisotopic (exact) mass is 280 g/mol. The highest BCUT2D eigenvalue weighted by molar-refractivity contribution is 4.91. The summed E-state index contributed by atoms with van der Waals surface area (Å²) in [4.78, 5) is 0. The third-order valence-corrected chi connectivity index (χ3v) is 3.80. The average molecular weight is 280 g/mol. The first kappa shape index (κ1) is 15.4. The predicted octanol–water partition coefficient (Wildman–Crippen LogP) is 2.23. The van der Waals surface area contributed by atoms with Gasteiger partial charge in [0.15, 0.2) is 0 Å². The van der Waals surface area contributed by atoms with Gasteiger partial charge in [-0.3, -0.25) is 0 Å². The molecule has 1 aromatic rings. The van der Waals surface area contributed by atoms with Crippen LogP contribution in [0.2, 0.25) is 0 Å². The Hall–Kier alpha value is -0.940. The van der Waals surface area contributed by atoms with Gasteiger partial charge in [0.2, 0.25) is 0 Å². The van der Waals surface area contributed by atoms with Crippen molar-refractivity contribution in [1.29, 1.82) is 0 Å². The maximum Gasteiger partial charge on any atom is 0.0964 e. The summed E-state index contributed by atoms with van der Waals surface area (Å²) in [7, 11) is 0. The lowest BCUT2D eigenvalue weighted by Crippen LogP contribution is -2.19. The standard InChI is InChI=1S/C15H28N4O/c1-13(2)10-16-11-15-12-19(18-17-15)7-9-20-8-6-14-4-3-5-14/h12-14,16H,3-11H2,1-2H3. The van der Waals surface area contributed by atoms with E-state index in [0.717, 1.165) is 44.5 Å². The van der Waals surface area contributed by atoms with E-state index in [1.165, 1.54) is 25.7 Å². The molecule has 0 amide bonds. The fourth-order valence-electron chi connectivity index (χ4n) is 2.31. The van der Waals surface area contributed by atoms with Crippen LogP contribution in [0.5, 0.6) is 0 Å². The molecule has 1 aliphatic rings. The third kappa shape index (κ3) is 5.59. The lowest BCUT2D eigenvalue weighted by molar-refractivity contribution is 0.0983.